The van der Waals surface area contributed by atoms with E-state index in [0.29, 0.717) is 33.8 Å². The predicted molar refractivity (Wildman–Crippen MR) is 151 cm³/mol. The van der Waals surface area contributed by atoms with Crippen LogP contribution in [0, 0.1) is 11.3 Å². The highest BCUT2D eigenvalue weighted by Crippen LogP contribution is 2.25. The Balaban J connectivity index is 1.48. The summed E-state index contributed by atoms with van der Waals surface area (Å²) in [6.45, 7) is -0.723. The number of halogens is 3. The highest BCUT2D eigenvalue weighted by atomic mass is 19.4. The number of aromatic nitrogens is 1. The minimum absolute atomic E-state index is 0.0535. The monoisotopic (exact) mass is 593 g/mol. The van der Waals surface area contributed by atoms with Crippen molar-refractivity contribution in [3.05, 3.63) is 84.1 Å². The molecule has 3 amide bonds. The van der Waals surface area contributed by atoms with Gasteiger partial charge in [0.2, 0.25) is 11.8 Å². The van der Waals surface area contributed by atoms with Crippen molar-refractivity contribution >= 4 is 34.3 Å². The maximum absolute atomic E-state index is 13.4. The van der Waals surface area contributed by atoms with Gasteiger partial charge < -0.3 is 30.0 Å². The highest BCUT2D eigenvalue weighted by Gasteiger charge is 2.37. The van der Waals surface area contributed by atoms with Crippen LogP contribution >= 0.6 is 0 Å². The predicted octanol–water partition coefficient (Wildman–Crippen LogP) is 4.99. The first kappa shape index (κ1) is 30.4. The van der Waals surface area contributed by atoms with Crippen LogP contribution in [0.1, 0.15) is 23.0 Å². The van der Waals surface area contributed by atoms with Gasteiger partial charge in [0.15, 0.2) is 0 Å². The molecule has 0 aliphatic carbocycles. The molecule has 43 heavy (non-hydrogen) atoms. The first-order valence-electron chi connectivity index (χ1n) is 12.9. The summed E-state index contributed by atoms with van der Waals surface area (Å²) in [5, 5.41) is 14.3. The van der Waals surface area contributed by atoms with Crippen LogP contribution in [0.15, 0.2) is 72.8 Å². The van der Waals surface area contributed by atoms with Crippen molar-refractivity contribution in [2.45, 2.75) is 19.1 Å². The number of anilines is 1. The Morgan fingerprint density at radius 3 is 2.16 bits per heavy atom. The lowest BCUT2D eigenvalue weighted by molar-refractivity contribution is -0.158. The molecule has 1 atom stereocenters. The summed E-state index contributed by atoms with van der Waals surface area (Å²) in [7, 11) is 1.55. The summed E-state index contributed by atoms with van der Waals surface area (Å²) < 4.78 is 49.8. The van der Waals surface area contributed by atoms with Gasteiger partial charge >= 0.3 is 6.18 Å². The largest absolute Gasteiger partial charge is 0.497 e. The van der Waals surface area contributed by atoms with Crippen LogP contribution in [-0.2, 0) is 9.59 Å². The number of rotatable bonds is 10. The molecule has 3 aromatic carbocycles. The number of alkyl halides is 3. The Morgan fingerprint density at radius 1 is 0.953 bits per heavy atom. The standard InChI is InChI=1S/C30H26F3N5O5/c1-18(30(31,32)33)35-26(39)16-38(29(41)25-14-19-4-3-5-20(15-34)28(19)37-25)17-27(40)36-21-6-8-23(9-7-21)43-24-12-10-22(42-2)11-13-24/h3-14,18,37H,16-17H2,1-2H3,(H,35,39)(H,36,40). The molecule has 0 aliphatic heterocycles. The van der Waals surface area contributed by atoms with Crippen LogP contribution in [0.5, 0.6) is 17.2 Å². The van der Waals surface area contributed by atoms with E-state index in [1.807, 2.05) is 6.07 Å². The fourth-order valence-corrected chi connectivity index (χ4v) is 4.04. The van der Waals surface area contributed by atoms with Crippen molar-refractivity contribution in [1.29, 1.82) is 5.26 Å². The van der Waals surface area contributed by atoms with Gasteiger partial charge in [-0.05, 0) is 67.6 Å². The Morgan fingerprint density at radius 2 is 1.56 bits per heavy atom. The summed E-state index contributed by atoms with van der Waals surface area (Å²) in [6.07, 6.45) is -4.70. The summed E-state index contributed by atoms with van der Waals surface area (Å²) in [5.74, 6) is -0.938. The molecule has 13 heteroatoms. The third-order valence-corrected chi connectivity index (χ3v) is 6.26. The lowest BCUT2D eigenvalue weighted by atomic mass is 10.1. The highest BCUT2D eigenvalue weighted by molar-refractivity contribution is 6.03. The van der Waals surface area contributed by atoms with Gasteiger partial charge in [0.25, 0.3) is 5.91 Å². The maximum atomic E-state index is 13.4. The fraction of sp³-hybridized carbons (Fsp3) is 0.200. The molecular formula is C30H26F3N5O5. The lowest BCUT2D eigenvalue weighted by Gasteiger charge is -2.23. The Hall–Kier alpha value is -5.51. The second kappa shape index (κ2) is 13.0. The van der Waals surface area contributed by atoms with Crippen molar-refractivity contribution < 1.29 is 37.0 Å². The molecule has 0 bridgehead atoms. The van der Waals surface area contributed by atoms with E-state index in [4.69, 9.17) is 9.47 Å². The molecule has 4 aromatic rings. The van der Waals surface area contributed by atoms with E-state index in [1.54, 1.807) is 73.1 Å². The number of para-hydroxylation sites is 1. The fourth-order valence-electron chi connectivity index (χ4n) is 4.04. The van der Waals surface area contributed by atoms with Crippen molar-refractivity contribution in [3.8, 4) is 23.3 Å². The van der Waals surface area contributed by atoms with E-state index in [0.717, 1.165) is 11.8 Å². The lowest BCUT2D eigenvalue weighted by Crippen LogP contribution is -2.49. The number of hydrogen-bond donors (Lipinski definition) is 3. The van der Waals surface area contributed by atoms with Gasteiger partial charge in [0.05, 0.1) is 18.2 Å². The molecule has 4 rings (SSSR count). The number of carbonyl (C=O) groups excluding carboxylic acids is 3. The number of methoxy groups -OCH3 is 1. The van der Waals surface area contributed by atoms with Gasteiger partial charge in [-0.15, -0.1) is 0 Å². The number of ether oxygens (including phenoxy) is 2. The van der Waals surface area contributed by atoms with Gasteiger partial charge in [-0.2, -0.15) is 18.4 Å². The molecule has 0 saturated carbocycles. The zero-order chi connectivity index (χ0) is 31.1. The van der Waals surface area contributed by atoms with E-state index < -0.39 is 43.0 Å². The second-order valence-electron chi connectivity index (χ2n) is 9.41. The van der Waals surface area contributed by atoms with Gasteiger partial charge in [-0.3, -0.25) is 14.4 Å². The molecule has 1 aromatic heterocycles. The van der Waals surface area contributed by atoms with Crippen molar-refractivity contribution in [1.82, 2.24) is 15.2 Å². The molecule has 0 fully saturated rings. The SMILES string of the molecule is COc1ccc(Oc2ccc(NC(=O)CN(CC(=O)NC(C)C(F)(F)F)C(=O)c3cc4cccc(C#N)c4[nH]3)cc2)cc1. The molecule has 0 aliphatic rings. The number of hydrogen-bond acceptors (Lipinski definition) is 6. The summed E-state index contributed by atoms with van der Waals surface area (Å²) in [6, 6.07) is 19.3. The number of nitrogens with one attached hydrogen (secondary N) is 3. The number of carbonyl (C=O) groups is 3. The number of fused-ring (bicyclic) bond motifs is 1. The van der Waals surface area contributed by atoms with Gasteiger partial charge in [0, 0.05) is 11.1 Å². The topological polar surface area (TPSA) is 137 Å². The summed E-state index contributed by atoms with van der Waals surface area (Å²) in [4.78, 5) is 42.4. The average Bonchev–Trinajstić information content (AvgIpc) is 3.42. The van der Waals surface area contributed by atoms with Crippen LogP contribution < -0.4 is 20.1 Å². The van der Waals surface area contributed by atoms with E-state index >= 15 is 0 Å². The van der Waals surface area contributed by atoms with Crippen molar-refractivity contribution in [2.24, 2.45) is 0 Å². The molecule has 3 N–H and O–H groups in total. The quantitative estimate of drug-likeness (QED) is 0.237. The minimum atomic E-state index is -4.70. The number of aromatic amines is 1. The first-order valence-corrected chi connectivity index (χ1v) is 12.9. The zero-order valence-electron chi connectivity index (χ0n) is 23.0. The van der Waals surface area contributed by atoms with Crippen LogP contribution in [0.4, 0.5) is 18.9 Å². The number of H-pyrrole nitrogens is 1. The molecule has 1 heterocycles. The zero-order valence-corrected chi connectivity index (χ0v) is 23.0. The molecule has 1 unspecified atom stereocenters. The van der Waals surface area contributed by atoms with Crippen LogP contribution in [0.25, 0.3) is 10.9 Å². The molecule has 0 radical (unpaired) electrons. The Kier molecular flexibility index (Phi) is 9.20. The van der Waals surface area contributed by atoms with Gasteiger partial charge in [-0.1, -0.05) is 12.1 Å². The minimum Gasteiger partial charge on any atom is -0.497 e. The number of amides is 3. The van der Waals surface area contributed by atoms with Gasteiger partial charge in [-0.25, -0.2) is 0 Å². The summed E-state index contributed by atoms with van der Waals surface area (Å²) in [5.41, 5.74) is 0.919. The van der Waals surface area contributed by atoms with Crippen molar-refractivity contribution in [2.75, 3.05) is 25.5 Å². The second-order valence-corrected chi connectivity index (χ2v) is 9.41. The van der Waals surface area contributed by atoms with E-state index in [9.17, 15) is 32.8 Å². The molecule has 10 nitrogen and oxygen atoms in total. The third-order valence-electron chi connectivity index (χ3n) is 6.26. The number of nitrogens with zero attached hydrogens (tertiary/aromatic N) is 2. The Labute approximate surface area is 244 Å². The van der Waals surface area contributed by atoms with Crippen LogP contribution in [0.3, 0.4) is 0 Å². The first-order chi connectivity index (χ1) is 20.5. The van der Waals surface area contributed by atoms with Gasteiger partial charge in [0.1, 0.15) is 48.1 Å². The molecule has 222 valence electrons. The molecule has 0 spiro atoms. The molecular weight excluding hydrogens is 567 g/mol. The number of benzene rings is 3. The van der Waals surface area contributed by atoms with E-state index in [1.165, 1.54) is 12.1 Å². The normalized spacial score (nSPS) is 11.7. The van der Waals surface area contributed by atoms with Crippen LogP contribution in [-0.4, -0.2) is 60.0 Å². The van der Waals surface area contributed by atoms with E-state index in [-0.39, 0.29) is 11.3 Å². The molecule has 0 saturated heterocycles. The average molecular weight is 594 g/mol. The summed E-state index contributed by atoms with van der Waals surface area (Å²) >= 11 is 0. The van der Waals surface area contributed by atoms with Crippen LogP contribution in [0.2, 0.25) is 0 Å². The Bertz CT molecular complexity index is 1660. The number of nitriles is 1. The van der Waals surface area contributed by atoms with Crippen molar-refractivity contribution in [3.63, 3.8) is 0 Å². The third kappa shape index (κ3) is 7.82. The maximum Gasteiger partial charge on any atom is 0.408 e. The van der Waals surface area contributed by atoms with E-state index in [2.05, 4.69) is 10.3 Å². The smallest absolute Gasteiger partial charge is 0.408 e.